The average Bonchev–Trinajstić information content (AvgIpc) is 3.20. The molecule has 0 aromatic heterocycles. The van der Waals surface area contributed by atoms with E-state index in [1.807, 2.05) is 0 Å². The number of halogens is 1. The van der Waals surface area contributed by atoms with Gasteiger partial charge in [-0.3, -0.25) is 0 Å². The molecule has 0 saturated carbocycles. The third kappa shape index (κ3) is 12.4. The molecule has 0 N–H and O–H groups in total. The van der Waals surface area contributed by atoms with Crippen LogP contribution in [0.15, 0.2) is 102 Å². The fraction of sp³-hybridized carbons (Fsp3) is 0.467. The van der Waals surface area contributed by atoms with Crippen LogP contribution in [0, 0.1) is 0 Å². The molecule has 0 aliphatic carbocycles. The topological polar surface area (TPSA) is 31.4 Å². The van der Waals surface area contributed by atoms with E-state index in [9.17, 15) is 0 Å². The van der Waals surface area contributed by atoms with Crippen LogP contribution in [0.5, 0.6) is 11.5 Å². The summed E-state index contributed by atoms with van der Waals surface area (Å²) in [5.74, 6) is 1.94. The number of likely N-dealkylation sites (N-methyl/N-ethyl adjacent to an activating group) is 1. The number of anilines is 1. The SMILES string of the molecule is Brc1ccc(-c2ccc(OCCCN3CCCCC3)cc2)cc1.CN1CCN(c2ccc(-c3ccc(OCCCN4CCCCC4)cc3)cc2)CC1. The van der Waals surface area contributed by atoms with Gasteiger partial charge in [-0.15, -0.1) is 0 Å². The van der Waals surface area contributed by atoms with Crippen molar-refractivity contribution in [3.63, 3.8) is 0 Å². The van der Waals surface area contributed by atoms with E-state index in [1.165, 1.54) is 92.6 Å². The molecular weight excluding hydrogens is 708 g/mol. The van der Waals surface area contributed by atoms with Gasteiger partial charge in [-0.25, -0.2) is 0 Å². The van der Waals surface area contributed by atoms with Crippen molar-refractivity contribution in [2.45, 2.75) is 51.4 Å². The summed E-state index contributed by atoms with van der Waals surface area (Å²) in [5.41, 5.74) is 6.29. The summed E-state index contributed by atoms with van der Waals surface area (Å²) >= 11 is 3.47. The Kier molecular flexibility index (Phi) is 15.3. The van der Waals surface area contributed by atoms with Crippen molar-refractivity contribution < 1.29 is 9.47 Å². The van der Waals surface area contributed by atoms with Crippen LogP contribution in [0.1, 0.15) is 51.4 Å². The van der Waals surface area contributed by atoms with Crippen LogP contribution in [0.2, 0.25) is 0 Å². The van der Waals surface area contributed by atoms with Crippen molar-refractivity contribution in [3.8, 4) is 33.8 Å². The molecule has 6 nitrogen and oxygen atoms in total. The lowest BCUT2D eigenvalue weighted by Gasteiger charge is -2.34. The van der Waals surface area contributed by atoms with Gasteiger partial charge in [0.25, 0.3) is 0 Å². The number of piperidine rings is 2. The molecule has 3 saturated heterocycles. The Labute approximate surface area is 321 Å². The molecular formula is C45H59BrN4O2. The van der Waals surface area contributed by atoms with Crippen molar-refractivity contribution in [2.24, 2.45) is 0 Å². The van der Waals surface area contributed by atoms with Gasteiger partial charge in [0.2, 0.25) is 0 Å². The summed E-state index contributed by atoms with van der Waals surface area (Å²) in [7, 11) is 2.20. The van der Waals surface area contributed by atoms with Crippen molar-refractivity contribution in [1.82, 2.24) is 14.7 Å². The molecule has 0 amide bonds. The van der Waals surface area contributed by atoms with E-state index in [0.29, 0.717) is 0 Å². The molecule has 3 heterocycles. The highest BCUT2D eigenvalue weighted by Crippen LogP contribution is 2.27. The number of ether oxygens (including phenoxy) is 2. The van der Waals surface area contributed by atoms with Crippen molar-refractivity contribution in [3.05, 3.63) is 102 Å². The second-order valence-electron chi connectivity index (χ2n) is 14.6. The smallest absolute Gasteiger partial charge is 0.119 e. The van der Waals surface area contributed by atoms with Crippen molar-refractivity contribution >= 4 is 21.6 Å². The second kappa shape index (κ2) is 20.8. The fourth-order valence-electron chi connectivity index (χ4n) is 7.38. The van der Waals surface area contributed by atoms with E-state index in [0.717, 1.165) is 81.3 Å². The van der Waals surface area contributed by atoms with Crippen LogP contribution >= 0.6 is 15.9 Å². The van der Waals surface area contributed by atoms with Gasteiger partial charge in [-0.2, -0.15) is 0 Å². The maximum Gasteiger partial charge on any atom is 0.119 e. The first kappa shape index (κ1) is 38.4. The van der Waals surface area contributed by atoms with Gasteiger partial charge in [0, 0.05) is 49.4 Å². The number of rotatable bonds is 13. The minimum Gasteiger partial charge on any atom is -0.494 e. The van der Waals surface area contributed by atoms with E-state index >= 15 is 0 Å². The molecule has 7 heteroatoms. The zero-order chi connectivity index (χ0) is 35.8. The lowest BCUT2D eigenvalue weighted by Crippen LogP contribution is -2.44. The summed E-state index contributed by atoms with van der Waals surface area (Å²) in [6.45, 7) is 13.5. The largest absolute Gasteiger partial charge is 0.494 e. The Morgan fingerprint density at radius 1 is 0.462 bits per heavy atom. The van der Waals surface area contributed by atoms with Crippen molar-refractivity contribution in [1.29, 1.82) is 0 Å². The molecule has 3 aliphatic rings. The van der Waals surface area contributed by atoms with E-state index in [1.54, 1.807) is 0 Å². The Morgan fingerprint density at radius 3 is 1.27 bits per heavy atom. The van der Waals surface area contributed by atoms with Crippen LogP contribution in [0.3, 0.4) is 0 Å². The van der Waals surface area contributed by atoms with Crippen LogP contribution < -0.4 is 14.4 Å². The molecule has 0 atom stereocenters. The third-order valence-electron chi connectivity index (χ3n) is 10.6. The first-order chi connectivity index (χ1) is 25.6. The predicted molar refractivity (Wildman–Crippen MR) is 222 cm³/mol. The third-order valence-corrected chi connectivity index (χ3v) is 11.2. The van der Waals surface area contributed by atoms with Gasteiger partial charge in [0.15, 0.2) is 0 Å². The monoisotopic (exact) mass is 766 g/mol. The highest BCUT2D eigenvalue weighted by Gasteiger charge is 2.14. The zero-order valence-corrected chi connectivity index (χ0v) is 32.9. The Hall–Kier alpha value is -3.36. The molecule has 278 valence electrons. The molecule has 0 radical (unpaired) electrons. The molecule has 0 bridgehead atoms. The number of likely N-dealkylation sites (tertiary alicyclic amines) is 2. The standard InChI is InChI=1S/C25H35N3O.C20H24BrNO/c1-26-17-19-28(20-18-26)24-10-6-22(7-11-24)23-8-12-25(13-9-23)29-21-5-16-27-14-3-2-4-15-27;21-19-9-5-17(6-10-19)18-7-11-20(12-8-18)23-16-4-15-22-13-2-1-3-14-22/h6-13H,2-5,14-21H2,1H3;5-12H,1-4,13-16H2. The lowest BCUT2D eigenvalue weighted by molar-refractivity contribution is 0.205. The number of piperazine rings is 1. The van der Waals surface area contributed by atoms with Crippen molar-refractivity contribution in [2.75, 3.05) is 90.6 Å². The molecule has 4 aromatic rings. The van der Waals surface area contributed by atoms with Gasteiger partial charge in [-0.05, 0) is 143 Å². The van der Waals surface area contributed by atoms with Gasteiger partial charge >= 0.3 is 0 Å². The predicted octanol–water partition coefficient (Wildman–Crippen LogP) is 9.73. The van der Waals surface area contributed by atoms with E-state index in [4.69, 9.17) is 9.47 Å². The van der Waals surface area contributed by atoms with E-state index in [-0.39, 0.29) is 0 Å². The van der Waals surface area contributed by atoms with E-state index < -0.39 is 0 Å². The van der Waals surface area contributed by atoms with E-state index in [2.05, 4.69) is 140 Å². The molecule has 3 fully saturated rings. The van der Waals surface area contributed by atoms with Gasteiger partial charge in [0.1, 0.15) is 11.5 Å². The fourth-order valence-corrected chi connectivity index (χ4v) is 7.65. The minimum absolute atomic E-state index is 0.800. The summed E-state index contributed by atoms with van der Waals surface area (Å²) in [6.07, 6.45) is 10.5. The lowest BCUT2D eigenvalue weighted by atomic mass is 10.0. The summed E-state index contributed by atoms with van der Waals surface area (Å²) < 4.78 is 12.9. The molecule has 0 spiro atoms. The maximum absolute atomic E-state index is 5.96. The van der Waals surface area contributed by atoms with Crippen LogP contribution in [-0.4, -0.2) is 100 Å². The first-order valence-electron chi connectivity index (χ1n) is 19.8. The quantitative estimate of drug-likeness (QED) is 0.126. The summed E-state index contributed by atoms with van der Waals surface area (Å²) in [4.78, 5) is 10.00. The number of hydrogen-bond acceptors (Lipinski definition) is 6. The Morgan fingerprint density at radius 2 is 0.846 bits per heavy atom. The molecule has 4 aromatic carbocycles. The number of nitrogens with zero attached hydrogens (tertiary/aromatic N) is 4. The van der Waals surface area contributed by atoms with Gasteiger partial charge in [-0.1, -0.05) is 77.3 Å². The number of benzene rings is 4. The minimum atomic E-state index is 0.800. The Bertz CT molecular complexity index is 1560. The molecule has 3 aliphatic heterocycles. The first-order valence-corrected chi connectivity index (χ1v) is 20.6. The van der Waals surface area contributed by atoms with Gasteiger partial charge < -0.3 is 29.1 Å². The van der Waals surface area contributed by atoms with Crippen LogP contribution in [0.4, 0.5) is 5.69 Å². The van der Waals surface area contributed by atoms with Crippen LogP contribution in [0.25, 0.3) is 22.3 Å². The highest BCUT2D eigenvalue weighted by atomic mass is 79.9. The normalized spacial score (nSPS) is 17.3. The zero-order valence-electron chi connectivity index (χ0n) is 31.4. The van der Waals surface area contributed by atoms with Gasteiger partial charge in [0.05, 0.1) is 13.2 Å². The summed E-state index contributed by atoms with van der Waals surface area (Å²) in [5, 5.41) is 0. The number of hydrogen-bond donors (Lipinski definition) is 0. The Balaban J connectivity index is 0.000000183. The maximum atomic E-state index is 5.96. The highest BCUT2D eigenvalue weighted by molar-refractivity contribution is 9.10. The molecule has 52 heavy (non-hydrogen) atoms. The second-order valence-corrected chi connectivity index (χ2v) is 15.5. The van der Waals surface area contributed by atoms with Crippen LogP contribution in [-0.2, 0) is 0 Å². The average molecular weight is 768 g/mol. The molecule has 7 rings (SSSR count). The molecule has 0 unspecified atom stereocenters. The summed E-state index contributed by atoms with van der Waals surface area (Å²) in [6, 6.07) is 34.3.